The molecule has 0 fully saturated rings. The van der Waals surface area contributed by atoms with Gasteiger partial charge in [-0.1, -0.05) is 123 Å². The van der Waals surface area contributed by atoms with Gasteiger partial charge in [-0.15, -0.1) is 0 Å². The Morgan fingerprint density at radius 3 is 1.83 bits per heavy atom. The van der Waals surface area contributed by atoms with E-state index in [2.05, 4.69) is 222 Å². The summed E-state index contributed by atoms with van der Waals surface area (Å²) in [6.07, 6.45) is 1.94. The Morgan fingerprint density at radius 1 is 0.458 bits per heavy atom. The summed E-state index contributed by atoms with van der Waals surface area (Å²) in [4.78, 5) is 9.80. The van der Waals surface area contributed by atoms with Crippen molar-refractivity contribution in [2.75, 3.05) is 16.5 Å². The summed E-state index contributed by atoms with van der Waals surface area (Å²) in [6.45, 7) is 21.1. The molecule has 0 saturated carbocycles. The van der Waals surface area contributed by atoms with Crippen LogP contribution >= 0.6 is 0 Å². The minimum atomic E-state index is -0.106. The molecule has 1 aliphatic rings. The number of nitrogens with zero attached hydrogens (tertiary/aromatic N) is 4. The number of fused-ring (bicyclic) bond motifs is 4. The van der Waals surface area contributed by atoms with Gasteiger partial charge in [0, 0.05) is 40.5 Å². The standard InChI is InChI=1S/C54H54N4O/c1-52(2,3)38-18-15-19-41(29-38)56-35-57(49-21-14-13-20-48(49)56)42-30-40(54(7,8)9)31-44(33-42)59-43-23-24-45-46-28-37(36-16-11-10-12-17-36)22-25-47(46)58(50(45)34-43)51-32-39(26-27-55-51)53(4,5)6/h10-34H,35H2,1-9H3. The average molecular weight is 775 g/mol. The van der Waals surface area contributed by atoms with Crippen molar-refractivity contribution in [3.05, 3.63) is 168 Å². The maximum absolute atomic E-state index is 6.96. The van der Waals surface area contributed by atoms with Crippen LogP contribution in [0.4, 0.5) is 22.7 Å². The highest BCUT2D eigenvalue weighted by Crippen LogP contribution is 2.47. The Balaban J connectivity index is 1.15. The molecule has 0 unspecified atom stereocenters. The maximum Gasteiger partial charge on any atom is 0.137 e. The van der Waals surface area contributed by atoms with Gasteiger partial charge in [-0.25, -0.2) is 4.98 Å². The molecule has 0 radical (unpaired) electrons. The fourth-order valence-corrected chi connectivity index (χ4v) is 8.29. The summed E-state index contributed by atoms with van der Waals surface area (Å²) in [5.74, 6) is 2.47. The molecule has 0 atom stereocenters. The molecule has 0 N–H and O–H groups in total. The number of aromatic nitrogens is 2. The lowest BCUT2D eigenvalue weighted by Crippen LogP contribution is -2.25. The molecule has 3 heterocycles. The molecule has 8 aromatic rings. The topological polar surface area (TPSA) is 33.5 Å². The molecule has 0 spiro atoms. The molecular weight excluding hydrogens is 721 g/mol. The summed E-state index contributed by atoms with van der Waals surface area (Å²) in [5.41, 5.74) is 12.9. The zero-order chi connectivity index (χ0) is 41.3. The number of pyridine rings is 1. The molecule has 5 nitrogen and oxygen atoms in total. The first-order valence-electron chi connectivity index (χ1n) is 20.8. The van der Waals surface area contributed by atoms with Gasteiger partial charge in [-0.3, -0.25) is 4.57 Å². The molecule has 2 aromatic heterocycles. The summed E-state index contributed by atoms with van der Waals surface area (Å²) in [5, 5.41) is 2.33. The lowest BCUT2D eigenvalue weighted by molar-refractivity contribution is 0.479. The van der Waals surface area contributed by atoms with E-state index in [1.54, 1.807) is 0 Å². The molecule has 0 bridgehead atoms. The molecule has 296 valence electrons. The number of hydrogen-bond acceptors (Lipinski definition) is 4. The van der Waals surface area contributed by atoms with Gasteiger partial charge in [0.1, 0.15) is 24.0 Å². The number of anilines is 4. The van der Waals surface area contributed by atoms with Crippen molar-refractivity contribution in [3.63, 3.8) is 0 Å². The summed E-state index contributed by atoms with van der Waals surface area (Å²) < 4.78 is 9.25. The fourth-order valence-electron chi connectivity index (χ4n) is 8.29. The predicted molar refractivity (Wildman–Crippen MR) is 249 cm³/mol. The zero-order valence-corrected chi connectivity index (χ0v) is 35.8. The average Bonchev–Trinajstić information content (AvgIpc) is 3.76. The number of para-hydroxylation sites is 2. The van der Waals surface area contributed by atoms with Gasteiger partial charge in [-0.05, 0) is 117 Å². The molecule has 59 heavy (non-hydrogen) atoms. The highest BCUT2D eigenvalue weighted by atomic mass is 16.5. The Bertz CT molecular complexity index is 2850. The molecule has 6 aromatic carbocycles. The molecule has 5 heteroatoms. The van der Waals surface area contributed by atoms with Crippen molar-refractivity contribution in [2.45, 2.75) is 78.6 Å². The van der Waals surface area contributed by atoms with Crippen LogP contribution in [0.1, 0.15) is 79.0 Å². The van der Waals surface area contributed by atoms with Crippen molar-refractivity contribution in [2.24, 2.45) is 0 Å². The van der Waals surface area contributed by atoms with E-state index in [9.17, 15) is 0 Å². The predicted octanol–water partition coefficient (Wildman–Crippen LogP) is 14.8. The second-order valence-corrected chi connectivity index (χ2v) is 19.1. The SMILES string of the molecule is CC(C)(C)c1cccc(N2CN(c3cc(Oc4ccc5c6cc(-c7ccccc7)ccc6n(-c6cc(C(C)(C)C)ccn6)c5c4)cc(C(C)(C)C)c3)c3ccccc32)c1. The summed E-state index contributed by atoms with van der Waals surface area (Å²) in [7, 11) is 0. The number of ether oxygens (including phenoxy) is 1. The van der Waals surface area contributed by atoms with Crippen molar-refractivity contribution in [1.82, 2.24) is 9.55 Å². The minimum absolute atomic E-state index is 0.0235. The highest BCUT2D eigenvalue weighted by molar-refractivity contribution is 6.10. The number of hydrogen-bond donors (Lipinski definition) is 0. The smallest absolute Gasteiger partial charge is 0.137 e. The van der Waals surface area contributed by atoms with Gasteiger partial charge < -0.3 is 14.5 Å². The molecule has 0 aliphatic carbocycles. The summed E-state index contributed by atoms with van der Waals surface area (Å²) in [6, 6.07) is 52.7. The number of rotatable bonds is 6. The molecule has 0 saturated heterocycles. The minimum Gasteiger partial charge on any atom is -0.457 e. The highest BCUT2D eigenvalue weighted by Gasteiger charge is 2.30. The van der Waals surface area contributed by atoms with Crippen molar-refractivity contribution >= 4 is 44.6 Å². The summed E-state index contributed by atoms with van der Waals surface area (Å²) >= 11 is 0. The van der Waals surface area contributed by atoms with Crippen molar-refractivity contribution < 1.29 is 4.74 Å². The van der Waals surface area contributed by atoms with Crippen LogP contribution in [-0.4, -0.2) is 16.2 Å². The van der Waals surface area contributed by atoms with Crippen LogP contribution in [0.2, 0.25) is 0 Å². The van der Waals surface area contributed by atoms with Crippen LogP contribution in [0.3, 0.4) is 0 Å². The Labute approximate surface area is 349 Å². The Hall–Kier alpha value is -6.33. The fraction of sp³-hybridized carbons (Fsp3) is 0.241. The van der Waals surface area contributed by atoms with E-state index in [1.165, 1.54) is 50.3 Å². The molecular formula is C54H54N4O. The molecule has 9 rings (SSSR count). The van der Waals surface area contributed by atoms with E-state index < -0.39 is 0 Å². The van der Waals surface area contributed by atoms with Crippen LogP contribution in [0.5, 0.6) is 11.5 Å². The molecule has 0 amide bonds. The Morgan fingerprint density at radius 2 is 1.12 bits per heavy atom. The van der Waals surface area contributed by atoms with E-state index >= 15 is 0 Å². The molecule has 1 aliphatic heterocycles. The van der Waals surface area contributed by atoms with E-state index in [-0.39, 0.29) is 16.2 Å². The van der Waals surface area contributed by atoms with E-state index in [0.29, 0.717) is 6.67 Å². The van der Waals surface area contributed by atoms with Gasteiger partial charge in [0.2, 0.25) is 0 Å². The largest absolute Gasteiger partial charge is 0.457 e. The van der Waals surface area contributed by atoms with Gasteiger partial charge in [-0.2, -0.15) is 0 Å². The normalized spacial score (nSPS) is 13.4. The van der Waals surface area contributed by atoms with E-state index in [0.717, 1.165) is 39.4 Å². The first-order chi connectivity index (χ1) is 28.1. The van der Waals surface area contributed by atoms with Crippen LogP contribution < -0.4 is 14.5 Å². The second-order valence-electron chi connectivity index (χ2n) is 19.1. The second kappa shape index (κ2) is 14.2. The lowest BCUT2D eigenvalue weighted by Gasteiger charge is -2.27. The Kier molecular flexibility index (Phi) is 9.19. The van der Waals surface area contributed by atoms with Gasteiger partial charge in [0.15, 0.2) is 0 Å². The van der Waals surface area contributed by atoms with Gasteiger partial charge >= 0.3 is 0 Å². The quantitative estimate of drug-likeness (QED) is 0.168. The lowest BCUT2D eigenvalue weighted by atomic mass is 9.86. The van der Waals surface area contributed by atoms with Crippen molar-refractivity contribution in [1.29, 1.82) is 0 Å². The van der Waals surface area contributed by atoms with E-state index in [1.807, 2.05) is 6.20 Å². The first-order valence-corrected chi connectivity index (χ1v) is 20.8. The number of benzene rings is 6. The monoisotopic (exact) mass is 774 g/mol. The van der Waals surface area contributed by atoms with Crippen LogP contribution in [0.25, 0.3) is 38.8 Å². The third-order valence-electron chi connectivity index (χ3n) is 11.8. The van der Waals surface area contributed by atoms with Crippen LogP contribution in [0, 0.1) is 0 Å². The van der Waals surface area contributed by atoms with Crippen LogP contribution in [0.15, 0.2) is 152 Å². The van der Waals surface area contributed by atoms with E-state index in [4.69, 9.17) is 9.72 Å². The van der Waals surface area contributed by atoms with Crippen molar-refractivity contribution in [3.8, 4) is 28.4 Å². The van der Waals surface area contributed by atoms with Crippen LogP contribution in [-0.2, 0) is 16.2 Å². The van der Waals surface area contributed by atoms with Gasteiger partial charge in [0.25, 0.3) is 0 Å². The third-order valence-corrected chi connectivity index (χ3v) is 11.8. The third kappa shape index (κ3) is 7.24. The zero-order valence-electron chi connectivity index (χ0n) is 35.8. The first kappa shape index (κ1) is 38.2. The van der Waals surface area contributed by atoms with Gasteiger partial charge in [0.05, 0.1) is 22.4 Å². The maximum atomic E-state index is 6.96.